The molecule has 1 aliphatic carbocycles. The van der Waals surface area contributed by atoms with Gasteiger partial charge in [-0.3, -0.25) is 0 Å². The SMILES string of the molecule is CCCNCC1(OCCOCCC)CCC(C)CC1. The van der Waals surface area contributed by atoms with Crippen molar-refractivity contribution >= 4 is 0 Å². The Morgan fingerprint density at radius 3 is 2.42 bits per heavy atom. The van der Waals surface area contributed by atoms with Crippen LogP contribution in [-0.2, 0) is 9.47 Å². The molecule has 114 valence electrons. The first-order valence-corrected chi connectivity index (χ1v) is 8.15. The summed E-state index contributed by atoms with van der Waals surface area (Å²) in [6.07, 6.45) is 7.25. The number of rotatable bonds is 10. The minimum atomic E-state index is 0.0667. The molecule has 0 bridgehead atoms. The second-order valence-electron chi connectivity index (χ2n) is 6.00. The molecule has 0 saturated heterocycles. The zero-order valence-electron chi connectivity index (χ0n) is 13.2. The van der Waals surface area contributed by atoms with E-state index >= 15 is 0 Å². The van der Waals surface area contributed by atoms with Crippen LogP contribution in [0.5, 0.6) is 0 Å². The van der Waals surface area contributed by atoms with Gasteiger partial charge in [-0.2, -0.15) is 0 Å². The molecule has 0 unspecified atom stereocenters. The van der Waals surface area contributed by atoms with Crippen LogP contribution in [0, 0.1) is 5.92 Å². The average molecular weight is 271 g/mol. The first-order chi connectivity index (χ1) is 9.22. The Labute approximate surface area is 119 Å². The van der Waals surface area contributed by atoms with E-state index < -0.39 is 0 Å². The van der Waals surface area contributed by atoms with Crippen molar-refractivity contribution in [2.24, 2.45) is 5.92 Å². The van der Waals surface area contributed by atoms with E-state index in [9.17, 15) is 0 Å². The molecule has 0 aromatic rings. The van der Waals surface area contributed by atoms with Crippen LogP contribution < -0.4 is 5.32 Å². The molecule has 0 aliphatic heterocycles. The number of hydrogen-bond acceptors (Lipinski definition) is 3. The Bertz CT molecular complexity index is 213. The summed E-state index contributed by atoms with van der Waals surface area (Å²) in [5.74, 6) is 0.860. The summed E-state index contributed by atoms with van der Waals surface area (Å²) in [7, 11) is 0. The molecule has 1 saturated carbocycles. The second kappa shape index (κ2) is 9.73. The number of nitrogens with one attached hydrogen (secondary N) is 1. The summed E-state index contributed by atoms with van der Waals surface area (Å²) < 4.78 is 11.7. The summed E-state index contributed by atoms with van der Waals surface area (Å²) >= 11 is 0. The second-order valence-corrected chi connectivity index (χ2v) is 6.00. The van der Waals surface area contributed by atoms with Gasteiger partial charge in [0.1, 0.15) is 0 Å². The fourth-order valence-corrected chi connectivity index (χ4v) is 2.72. The fraction of sp³-hybridized carbons (Fsp3) is 1.00. The summed E-state index contributed by atoms with van der Waals surface area (Å²) in [6, 6.07) is 0. The lowest BCUT2D eigenvalue weighted by Gasteiger charge is -2.39. The Morgan fingerprint density at radius 2 is 1.79 bits per heavy atom. The van der Waals surface area contributed by atoms with E-state index in [0.717, 1.165) is 45.2 Å². The van der Waals surface area contributed by atoms with Crippen molar-refractivity contribution in [1.82, 2.24) is 5.32 Å². The third-order valence-corrected chi connectivity index (χ3v) is 4.04. The van der Waals surface area contributed by atoms with E-state index in [2.05, 4.69) is 26.1 Å². The van der Waals surface area contributed by atoms with Crippen LogP contribution in [0.2, 0.25) is 0 Å². The molecule has 1 N–H and O–H groups in total. The highest BCUT2D eigenvalue weighted by atomic mass is 16.5. The molecule has 3 heteroatoms. The molecule has 0 aromatic carbocycles. The highest BCUT2D eigenvalue weighted by molar-refractivity contribution is 4.88. The summed E-state index contributed by atoms with van der Waals surface area (Å²) in [6.45, 7) is 11.1. The molecule has 19 heavy (non-hydrogen) atoms. The van der Waals surface area contributed by atoms with Crippen LogP contribution in [-0.4, -0.2) is 38.5 Å². The average Bonchev–Trinajstić information content (AvgIpc) is 2.42. The van der Waals surface area contributed by atoms with Crippen LogP contribution in [0.4, 0.5) is 0 Å². The first kappa shape index (κ1) is 16.9. The molecular weight excluding hydrogens is 238 g/mol. The molecule has 0 heterocycles. The summed E-state index contributed by atoms with van der Waals surface area (Å²) in [4.78, 5) is 0. The highest BCUT2D eigenvalue weighted by Crippen LogP contribution is 2.34. The van der Waals surface area contributed by atoms with Gasteiger partial charge >= 0.3 is 0 Å². The first-order valence-electron chi connectivity index (χ1n) is 8.15. The van der Waals surface area contributed by atoms with Crippen molar-refractivity contribution in [2.75, 3.05) is 32.9 Å². The standard InChI is InChI=1S/C16H33NO2/c1-4-10-17-14-16(8-6-15(3)7-9-16)19-13-12-18-11-5-2/h15,17H,4-14H2,1-3H3. The lowest BCUT2D eigenvalue weighted by atomic mass is 9.79. The molecule has 0 radical (unpaired) electrons. The van der Waals surface area contributed by atoms with Crippen molar-refractivity contribution in [3.8, 4) is 0 Å². The van der Waals surface area contributed by atoms with Gasteiger partial charge in [0.25, 0.3) is 0 Å². The lowest BCUT2D eigenvalue weighted by molar-refractivity contribution is -0.0915. The van der Waals surface area contributed by atoms with Crippen LogP contribution in [0.1, 0.15) is 59.3 Å². The molecular formula is C16H33NO2. The fourth-order valence-electron chi connectivity index (χ4n) is 2.72. The minimum Gasteiger partial charge on any atom is -0.379 e. The molecule has 1 rings (SSSR count). The van der Waals surface area contributed by atoms with Gasteiger partial charge in [0.05, 0.1) is 18.8 Å². The van der Waals surface area contributed by atoms with E-state index in [-0.39, 0.29) is 5.60 Å². The smallest absolute Gasteiger partial charge is 0.0807 e. The Balaban J connectivity index is 2.31. The van der Waals surface area contributed by atoms with Gasteiger partial charge in [0, 0.05) is 13.2 Å². The predicted molar refractivity (Wildman–Crippen MR) is 80.6 cm³/mol. The Hall–Kier alpha value is -0.120. The normalized spacial score (nSPS) is 27.6. The van der Waals surface area contributed by atoms with Gasteiger partial charge in [-0.1, -0.05) is 20.8 Å². The van der Waals surface area contributed by atoms with Crippen LogP contribution >= 0.6 is 0 Å². The topological polar surface area (TPSA) is 30.5 Å². The van der Waals surface area contributed by atoms with E-state index in [0.29, 0.717) is 0 Å². The van der Waals surface area contributed by atoms with Crippen molar-refractivity contribution in [3.05, 3.63) is 0 Å². The van der Waals surface area contributed by atoms with Crippen molar-refractivity contribution in [3.63, 3.8) is 0 Å². The molecule has 0 amide bonds. The maximum Gasteiger partial charge on any atom is 0.0807 e. The van der Waals surface area contributed by atoms with Crippen LogP contribution in [0.25, 0.3) is 0 Å². The third-order valence-electron chi connectivity index (χ3n) is 4.04. The molecule has 0 spiro atoms. The van der Waals surface area contributed by atoms with E-state index in [1.54, 1.807) is 0 Å². The third kappa shape index (κ3) is 6.73. The highest BCUT2D eigenvalue weighted by Gasteiger charge is 2.34. The zero-order chi connectivity index (χ0) is 14.0. The Kier molecular flexibility index (Phi) is 8.67. The quantitative estimate of drug-likeness (QED) is 0.618. The van der Waals surface area contributed by atoms with Crippen LogP contribution in [0.15, 0.2) is 0 Å². The number of hydrogen-bond donors (Lipinski definition) is 1. The van der Waals surface area contributed by atoms with Gasteiger partial charge in [-0.05, 0) is 51.0 Å². The maximum atomic E-state index is 6.22. The van der Waals surface area contributed by atoms with E-state index in [1.807, 2.05) is 0 Å². The van der Waals surface area contributed by atoms with Gasteiger partial charge in [-0.15, -0.1) is 0 Å². The molecule has 1 fully saturated rings. The summed E-state index contributed by atoms with van der Waals surface area (Å²) in [5.41, 5.74) is 0.0667. The van der Waals surface area contributed by atoms with Crippen LogP contribution in [0.3, 0.4) is 0 Å². The van der Waals surface area contributed by atoms with E-state index in [1.165, 1.54) is 32.1 Å². The number of ether oxygens (including phenoxy) is 2. The van der Waals surface area contributed by atoms with Gasteiger partial charge in [-0.25, -0.2) is 0 Å². The van der Waals surface area contributed by atoms with Crippen molar-refractivity contribution in [1.29, 1.82) is 0 Å². The van der Waals surface area contributed by atoms with Gasteiger partial charge in [0.15, 0.2) is 0 Å². The van der Waals surface area contributed by atoms with E-state index in [4.69, 9.17) is 9.47 Å². The molecule has 0 atom stereocenters. The molecule has 0 aromatic heterocycles. The largest absolute Gasteiger partial charge is 0.379 e. The van der Waals surface area contributed by atoms with Crippen molar-refractivity contribution < 1.29 is 9.47 Å². The summed E-state index contributed by atoms with van der Waals surface area (Å²) in [5, 5.41) is 3.55. The van der Waals surface area contributed by atoms with Gasteiger partial charge < -0.3 is 14.8 Å². The van der Waals surface area contributed by atoms with Gasteiger partial charge in [0.2, 0.25) is 0 Å². The predicted octanol–water partition coefficient (Wildman–Crippen LogP) is 3.38. The Morgan fingerprint density at radius 1 is 1.05 bits per heavy atom. The maximum absolute atomic E-state index is 6.22. The molecule has 1 aliphatic rings. The van der Waals surface area contributed by atoms with Crippen molar-refractivity contribution in [2.45, 2.75) is 64.9 Å². The zero-order valence-corrected chi connectivity index (χ0v) is 13.2. The monoisotopic (exact) mass is 271 g/mol. The minimum absolute atomic E-state index is 0.0667. The molecule has 3 nitrogen and oxygen atoms in total. The lowest BCUT2D eigenvalue weighted by Crippen LogP contribution is -2.46.